The monoisotopic (exact) mass is 792 g/mol. The summed E-state index contributed by atoms with van der Waals surface area (Å²) in [6.07, 6.45) is 49.5. The van der Waals surface area contributed by atoms with Gasteiger partial charge >= 0.3 is 19.8 Å². The van der Waals surface area contributed by atoms with E-state index in [0.717, 1.165) is 57.8 Å². The van der Waals surface area contributed by atoms with Crippen LogP contribution in [-0.4, -0.2) is 49.3 Å². The first-order valence-corrected chi connectivity index (χ1v) is 22.9. The molecule has 3 N–H and O–H groups in total. The molecule has 0 aromatic rings. The number of phosphoric ester groups is 1. The Morgan fingerprint density at radius 3 is 1.45 bits per heavy atom. The van der Waals surface area contributed by atoms with E-state index in [1.807, 2.05) is 12.2 Å². The van der Waals surface area contributed by atoms with Crippen molar-refractivity contribution in [2.75, 3.05) is 26.4 Å². The molecule has 0 rings (SSSR count). The Hall–Kier alpha value is -2.55. The van der Waals surface area contributed by atoms with Gasteiger partial charge in [-0.1, -0.05) is 177 Å². The van der Waals surface area contributed by atoms with Gasteiger partial charge in [-0.2, -0.15) is 0 Å². The first-order valence-electron chi connectivity index (χ1n) is 21.4. The first kappa shape index (κ1) is 52.5. The molecule has 0 bridgehead atoms. The van der Waals surface area contributed by atoms with Crippen LogP contribution in [-0.2, 0) is 32.7 Å². The van der Waals surface area contributed by atoms with Crippen LogP contribution in [0.2, 0.25) is 0 Å². The zero-order chi connectivity index (χ0) is 40.3. The van der Waals surface area contributed by atoms with Gasteiger partial charge in [0.2, 0.25) is 0 Å². The molecule has 1 unspecified atom stereocenters. The highest BCUT2D eigenvalue weighted by Crippen LogP contribution is 2.43. The summed E-state index contributed by atoms with van der Waals surface area (Å²) < 4.78 is 32.7. The largest absolute Gasteiger partial charge is 0.472 e. The van der Waals surface area contributed by atoms with Gasteiger partial charge in [-0.05, 0) is 51.4 Å². The van der Waals surface area contributed by atoms with E-state index in [-0.39, 0.29) is 32.6 Å². The number of carbonyl (C=O) groups is 2. The molecule has 0 fully saturated rings. The minimum atomic E-state index is -4.40. The van der Waals surface area contributed by atoms with Crippen molar-refractivity contribution in [3.63, 3.8) is 0 Å². The normalized spacial score (nSPS) is 14.0. The van der Waals surface area contributed by atoms with Gasteiger partial charge in [0.05, 0.1) is 13.2 Å². The average molecular weight is 792 g/mol. The summed E-state index contributed by atoms with van der Waals surface area (Å²) in [6, 6.07) is 0. The summed E-state index contributed by atoms with van der Waals surface area (Å²) in [7, 11) is -4.40. The Labute approximate surface area is 335 Å². The van der Waals surface area contributed by atoms with E-state index in [0.29, 0.717) is 6.42 Å². The Morgan fingerprint density at radius 1 is 0.564 bits per heavy atom. The van der Waals surface area contributed by atoms with Crippen LogP contribution in [0.4, 0.5) is 0 Å². The van der Waals surface area contributed by atoms with E-state index in [2.05, 4.69) is 74.6 Å². The number of rotatable bonds is 39. The molecular weight excluding hydrogens is 713 g/mol. The van der Waals surface area contributed by atoms with Crippen molar-refractivity contribution >= 4 is 19.8 Å². The summed E-state index contributed by atoms with van der Waals surface area (Å²) in [5.74, 6) is -0.928. The predicted octanol–water partition coefficient (Wildman–Crippen LogP) is 12.3. The third-order valence-corrected chi connectivity index (χ3v) is 9.60. The minimum Gasteiger partial charge on any atom is -0.462 e. The zero-order valence-electron chi connectivity index (χ0n) is 34.6. The molecule has 0 spiro atoms. The van der Waals surface area contributed by atoms with Crippen LogP contribution in [0.5, 0.6) is 0 Å². The SMILES string of the molecule is CCC=CCC=CCC=CCC=CCC=CCC=CCCC(=O)O[C@H](COC(=O)CCCCCCCCCCCCCCCCC)COP(=O)(O)OCCN. The Balaban J connectivity index is 4.30. The molecule has 0 saturated heterocycles. The highest BCUT2D eigenvalue weighted by molar-refractivity contribution is 7.47. The van der Waals surface area contributed by atoms with Crippen LogP contribution < -0.4 is 5.73 Å². The molecule has 0 aliphatic heterocycles. The standard InChI is InChI=1S/C45H78NO8P/c1-3-5-7-9-11-13-15-17-19-20-21-22-24-26-28-30-32-34-36-38-45(48)54-43(42-53-55(49,50)52-40-39-46)41-51-44(47)37-35-33-31-29-27-25-23-18-16-14-12-10-8-6-4-2/h5,7,11,13,17,19,21-22,26,28,32,34,43H,3-4,6,8-10,12,14-16,18,20,23-25,27,29-31,33,35-42,46H2,1-2H3,(H,49,50)/t43-/m1/s1. The molecule has 55 heavy (non-hydrogen) atoms. The summed E-state index contributed by atoms with van der Waals surface area (Å²) in [5, 5.41) is 0. The molecule has 10 heteroatoms. The average Bonchev–Trinajstić information content (AvgIpc) is 3.17. The molecule has 2 atom stereocenters. The lowest BCUT2D eigenvalue weighted by molar-refractivity contribution is -0.161. The number of allylic oxidation sites excluding steroid dienone is 12. The van der Waals surface area contributed by atoms with Crippen molar-refractivity contribution in [1.29, 1.82) is 0 Å². The lowest BCUT2D eigenvalue weighted by atomic mass is 10.0. The Bertz CT molecular complexity index is 1130. The number of esters is 2. The molecule has 316 valence electrons. The molecule has 0 radical (unpaired) electrons. The van der Waals surface area contributed by atoms with Crippen LogP contribution in [0.15, 0.2) is 72.9 Å². The molecular formula is C45H78NO8P. The Kier molecular flexibility index (Phi) is 39.2. The first-order chi connectivity index (χ1) is 26.8. The number of hydrogen-bond acceptors (Lipinski definition) is 8. The van der Waals surface area contributed by atoms with Gasteiger partial charge in [0, 0.05) is 19.4 Å². The van der Waals surface area contributed by atoms with Crippen molar-refractivity contribution < 1.29 is 37.6 Å². The fourth-order valence-corrected chi connectivity index (χ4v) is 6.25. The number of carbonyl (C=O) groups excluding carboxylic acids is 2. The molecule has 0 aliphatic rings. The van der Waals surface area contributed by atoms with Gasteiger partial charge in [-0.25, -0.2) is 4.57 Å². The maximum Gasteiger partial charge on any atom is 0.472 e. The molecule has 9 nitrogen and oxygen atoms in total. The van der Waals surface area contributed by atoms with Crippen LogP contribution in [0.25, 0.3) is 0 Å². The second-order valence-corrected chi connectivity index (χ2v) is 15.3. The van der Waals surface area contributed by atoms with Gasteiger partial charge in [0.25, 0.3) is 0 Å². The summed E-state index contributed by atoms with van der Waals surface area (Å²) >= 11 is 0. The van der Waals surface area contributed by atoms with Gasteiger partial charge < -0.3 is 20.1 Å². The fourth-order valence-electron chi connectivity index (χ4n) is 5.48. The van der Waals surface area contributed by atoms with E-state index in [1.54, 1.807) is 0 Å². The summed E-state index contributed by atoms with van der Waals surface area (Å²) in [4.78, 5) is 34.8. The van der Waals surface area contributed by atoms with E-state index in [1.165, 1.54) is 77.0 Å². The van der Waals surface area contributed by atoms with Gasteiger partial charge in [-0.3, -0.25) is 18.6 Å². The molecule has 0 amide bonds. The number of hydrogen-bond donors (Lipinski definition) is 2. The predicted molar refractivity (Wildman–Crippen MR) is 229 cm³/mol. The maximum atomic E-state index is 12.5. The maximum absolute atomic E-state index is 12.5. The molecule has 0 aliphatic carbocycles. The van der Waals surface area contributed by atoms with Crippen LogP contribution in [0.1, 0.15) is 168 Å². The van der Waals surface area contributed by atoms with Crippen LogP contribution in [0, 0.1) is 0 Å². The van der Waals surface area contributed by atoms with Crippen molar-refractivity contribution in [2.45, 2.75) is 174 Å². The molecule has 0 heterocycles. The molecule has 0 saturated carbocycles. The Morgan fingerprint density at radius 2 is 1.00 bits per heavy atom. The highest BCUT2D eigenvalue weighted by atomic mass is 31.2. The van der Waals surface area contributed by atoms with Crippen molar-refractivity contribution in [2.24, 2.45) is 5.73 Å². The summed E-state index contributed by atoms with van der Waals surface area (Å²) in [5.41, 5.74) is 5.34. The third-order valence-electron chi connectivity index (χ3n) is 8.62. The second kappa shape index (κ2) is 41.1. The van der Waals surface area contributed by atoms with E-state index in [4.69, 9.17) is 24.3 Å². The van der Waals surface area contributed by atoms with Crippen molar-refractivity contribution in [1.82, 2.24) is 0 Å². The minimum absolute atomic E-state index is 0.0395. The number of unbranched alkanes of at least 4 members (excludes halogenated alkanes) is 14. The third kappa shape index (κ3) is 40.9. The summed E-state index contributed by atoms with van der Waals surface area (Å²) in [6.45, 7) is 3.53. The van der Waals surface area contributed by atoms with Crippen molar-refractivity contribution in [3.05, 3.63) is 72.9 Å². The van der Waals surface area contributed by atoms with Crippen LogP contribution >= 0.6 is 7.82 Å². The van der Waals surface area contributed by atoms with Gasteiger partial charge in [-0.15, -0.1) is 0 Å². The van der Waals surface area contributed by atoms with Gasteiger partial charge in [0.15, 0.2) is 6.10 Å². The topological polar surface area (TPSA) is 134 Å². The van der Waals surface area contributed by atoms with Crippen LogP contribution in [0.3, 0.4) is 0 Å². The lowest BCUT2D eigenvalue weighted by Crippen LogP contribution is -2.29. The van der Waals surface area contributed by atoms with Gasteiger partial charge in [0.1, 0.15) is 6.61 Å². The lowest BCUT2D eigenvalue weighted by Gasteiger charge is -2.19. The van der Waals surface area contributed by atoms with E-state index in [9.17, 15) is 19.0 Å². The number of phosphoric acid groups is 1. The zero-order valence-corrected chi connectivity index (χ0v) is 35.5. The van der Waals surface area contributed by atoms with Crippen molar-refractivity contribution in [3.8, 4) is 0 Å². The smallest absolute Gasteiger partial charge is 0.462 e. The number of ether oxygens (including phenoxy) is 2. The van der Waals surface area contributed by atoms with E-state index < -0.39 is 32.5 Å². The quantitative estimate of drug-likeness (QED) is 0.0270. The highest BCUT2D eigenvalue weighted by Gasteiger charge is 2.25. The number of nitrogens with two attached hydrogens (primary N) is 1. The fraction of sp³-hybridized carbons (Fsp3) is 0.689. The second-order valence-electron chi connectivity index (χ2n) is 13.8. The molecule has 0 aromatic heterocycles. The molecule has 0 aromatic carbocycles. The van der Waals surface area contributed by atoms with E-state index >= 15 is 0 Å².